The Morgan fingerprint density at radius 2 is 2.10 bits per heavy atom. The molecule has 5 nitrogen and oxygen atoms in total. The van der Waals surface area contributed by atoms with Crippen LogP contribution in [0.15, 0.2) is 34.4 Å². The number of benzene rings is 1. The fourth-order valence-electron chi connectivity index (χ4n) is 1.98. The number of imide groups is 1. The summed E-state index contributed by atoms with van der Waals surface area (Å²) >= 11 is 3.47. The number of halogens is 1. The first-order valence-electron chi connectivity index (χ1n) is 6.30. The number of nitrogens with zero attached hydrogens (tertiary/aromatic N) is 1. The Morgan fingerprint density at radius 3 is 2.70 bits per heavy atom. The van der Waals surface area contributed by atoms with Crippen molar-refractivity contribution in [3.63, 3.8) is 0 Å². The third-order valence-electron chi connectivity index (χ3n) is 3.05. The van der Waals surface area contributed by atoms with Crippen LogP contribution in [0.2, 0.25) is 0 Å². The summed E-state index contributed by atoms with van der Waals surface area (Å²) in [6.45, 7) is 1.83. The van der Waals surface area contributed by atoms with E-state index in [1.54, 1.807) is 0 Å². The maximum atomic E-state index is 12.0. The first-order chi connectivity index (χ1) is 9.56. The molecule has 1 aliphatic heterocycles. The Labute approximate surface area is 125 Å². The largest absolute Gasteiger partial charge is 0.395 e. The van der Waals surface area contributed by atoms with Gasteiger partial charge in [0.2, 0.25) is 0 Å². The second-order valence-corrected chi connectivity index (χ2v) is 5.22. The van der Waals surface area contributed by atoms with E-state index in [-0.39, 0.29) is 18.8 Å². The molecular weight excluding hydrogens is 324 g/mol. The molecule has 1 aromatic rings. The molecule has 1 heterocycles. The number of hydrogen-bond acceptors (Lipinski definition) is 4. The van der Waals surface area contributed by atoms with Crippen molar-refractivity contribution in [1.29, 1.82) is 0 Å². The maximum absolute atomic E-state index is 12.0. The van der Waals surface area contributed by atoms with Crippen LogP contribution >= 0.6 is 15.9 Å². The summed E-state index contributed by atoms with van der Waals surface area (Å²) < 4.78 is 0.953. The van der Waals surface area contributed by atoms with Gasteiger partial charge in [0, 0.05) is 16.2 Å². The van der Waals surface area contributed by atoms with Crippen molar-refractivity contribution >= 4 is 33.4 Å². The average molecular weight is 339 g/mol. The molecule has 1 aromatic carbocycles. The molecule has 1 aliphatic rings. The van der Waals surface area contributed by atoms with Gasteiger partial charge in [-0.3, -0.25) is 14.5 Å². The summed E-state index contributed by atoms with van der Waals surface area (Å²) in [6.07, 6.45) is 2.16. The van der Waals surface area contributed by atoms with Crippen molar-refractivity contribution < 1.29 is 14.7 Å². The Bertz CT molecular complexity index is 584. The van der Waals surface area contributed by atoms with E-state index in [1.807, 2.05) is 18.2 Å². The Balaban J connectivity index is 2.15. The lowest BCUT2D eigenvalue weighted by atomic mass is 10.1. The number of carbonyl (C=O) groups excluding carboxylic acids is 2. The van der Waals surface area contributed by atoms with Crippen LogP contribution < -0.4 is 5.32 Å². The lowest BCUT2D eigenvalue weighted by Crippen LogP contribution is -2.34. The first kappa shape index (κ1) is 14.7. The Morgan fingerprint density at radius 1 is 1.35 bits per heavy atom. The second-order valence-electron chi connectivity index (χ2n) is 4.36. The number of anilines is 1. The highest BCUT2D eigenvalue weighted by Crippen LogP contribution is 2.24. The predicted molar refractivity (Wildman–Crippen MR) is 79.0 cm³/mol. The smallest absolute Gasteiger partial charge is 0.277 e. The predicted octanol–water partition coefficient (Wildman–Crippen LogP) is 1.67. The van der Waals surface area contributed by atoms with E-state index in [2.05, 4.69) is 28.2 Å². The van der Waals surface area contributed by atoms with E-state index in [4.69, 9.17) is 5.11 Å². The third-order valence-corrected chi connectivity index (χ3v) is 3.78. The highest BCUT2D eigenvalue weighted by Gasteiger charge is 2.30. The standard InChI is InChI=1S/C14H15BrN2O3/c1-2-9-3-4-10(7-11(9)15)16-12-8-13(19)17(5-6-18)14(12)20/h3-4,7-8,16,18H,2,5-6H2,1H3. The number of rotatable bonds is 5. The van der Waals surface area contributed by atoms with Crippen LogP contribution in [-0.2, 0) is 16.0 Å². The molecule has 0 spiro atoms. The molecule has 2 amide bonds. The van der Waals surface area contributed by atoms with Crippen molar-refractivity contribution in [3.8, 4) is 0 Å². The topological polar surface area (TPSA) is 69.6 Å². The molecule has 2 N–H and O–H groups in total. The van der Waals surface area contributed by atoms with Gasteiger partial charge in [-0.1, -0.05) is 28.9 Å². The zero-order chi connectivity index (χ0) is 14.7. The van der Waals surface area contributed by atoms with Crippen LogP contribution in [0.5, 0.6) is 0 Å². The normalized spacial score (nSPS) is 14.8. The van der Waals surface area contributed by atoms with Crippen LogP contribution in [-0.4, -0.2) is 35.0 Å². The highest BCUT2D eigenvalue weighted by atomic mass is 79.9. The van der Waals surface area contributed by atoms with Crippen LogP contribution in [0.4, 0.5) is 5.69 Å². The van der Waals surface area contributed by atoms with Gasteiger partial charge in [0.1, 0.15) is 5.70 Å². The minimum Gasteiger partial charge on any atom is -0.395 e. The molecule has 0 aromatic heterocycles. The first-order valence-corrected chi connectivity index (χ1v) is 7.10. The third kappa shape index (κ3) is 2.91. The van der Waals surface area contributed by atoms with Gasteiger partial charge >= 0.3 is 0 Å². The van der Waals surface area contributed by atoms with Crippen LogP contribution in [0.1, 0.15) is 12.5 Å². The van der Waals surface area contributed by atoms with Crippen molar-refractivity contribution in [2.45, 2.75) is 13.3 Å². The summed E-state index contributed by atoms with van der Waals surface area (Å²) in [5.41, 5.74) is 2.12. The molecule has 0 unspecified atom stereocenters. The molecular formula is C14H15BrN2O3. The van der Waals surface area contributed by atoms with E-state index in [0.29, 0.717) is 0 Å². The van der Waals surface area contributed by atoms with Gasteiger partial charge in [-0.25, -0.2) is 0 Å². The molecule has 0 aliphatic carbocycles. The fraction of sp³-hybridized carbons (Fsp3) is 0.286. The summed E-state index contributed by atoms with van der Waals surface area (Å²) in [7, 11) is 0. The number of β-amino-alcohol motifs (C(OH)–C–C–N with tert-alkyl or cyclic N) is 1. The molecule has 20 heavy (non-hydrogen) atoms. The SMILES string of the molecule is CCc1ccc(NC2=CC(=O)N(CCO)C2=O)cc1Br. The molecule has 0 fully saturated rings. The van der Waals surface area contributed by atoms with E-state index >= 15 is 0 Å². The van der Waals surface area contributed by atoms with Crippen molar-refractivity contribution in [2.24, 2.45) is 0 Å². The average Bonchev–Trinajstić information content (AvgIpc) is 2.67. The molecule has 0 saturated heterocycles. The van der Waals surface area contributed by atoms with E-state index in [1.165, 1.54) is 11.6 Å². The minimum absolute atomic E-state index is 0.0117. The number of aliphatic hydroxyl groups excluding tert-OH is 1. The molecule has 0 atom stereocenters. The molecule has 0 saturated carbocycles. The maximum Gasteiger partial charge on any atom is 0.277 e. The molecule has 106 valence electrons. The zero-order valence-corrected chi connectivity index (χ0v) is 12.6. The second kappa shape index (κ2) is 6.19. The van der Waals surface area contributed by atoms with E-state index in [9.17, 15) is 9.59 Å². The monoisotopic (exact) mass is 338 g/mol. The van der Waals surface area contributed by atoms with Gasteiger partial charge in [-0.05, 0) is 24.1 Å². The summed E-state index contributed by atoms with van der Waals surface area (Å²) in [6, 6.07) is 5.68. The van der Waals surface area contributed by atoms with Crippen molar-refractivity contribution in [2.75, 3.05) is 18.5 Å². The zero-order valence-electron chi connectivity index (χ0n) is 11.0. The van der Waals surface area contributed by atoms with Crippen molar-refractivity contribution in [3.05, 3.63) is 40.0 Å². The number of aliphatic hydroxyl groups is 1. The number of carbonyl (C=O) groups is 2. The molecule has 2 rings (SSSR count). The van der Waals surface area contributed by atoms with Gasteiger partial charge in [0.05, 0.1) is 13.2 Å². The minimum atomic E-state index is -0.417. The van der Waals surface area contributed by atoms with Gasteiger partial charge in [-0.15, -0.1) is 0 Å². The van der Waals surface area contributed by atoms with Crippen LogP contribution in [0.25, 0.3) is 0 Å². The van der Waals surface area contributed by atoms with E-state index < -0.39 is 11.8 Å². The number of aryl methyl sites for hydroxylation is 1. The Hall–Kier alpha value is -1.66. The van der Waals surface area contributed by atoms with E-state index in [0.717, 1.165) is 21.5 Å². The van der Waals surface area contributed by atoms with Gasteiger partial charge in [0.15, 0.2) is 0 Å². The summed E-state index contributed by atoms with van der Waals surface area (Å²) in [4.78, 5) is 24.6. The summed E-state index contributed by atoms with van der Waals surface area (Å²) in [5, 5.41) is 11.8. The highest BCUT2D eigenvalue weighted by molar-refractivity contribution is 9.10. The molecule has 0 radical (unpaired) electrons. The summed E-state index contributed by atoms with van der Waals surface area (Å²) in [5.74, 6) is -0.824. The van der Waals surface area contributed by atoms with Gasteiger partial charge in [0.25, 0.3) is 11.8 Å². The lowest BCUT2D eigenvalue weighted by Gasteiger charge is -2.13. The lowest BCUT2D eigenvalue weighted by molar-refractivity contribution is -0.137. The molecule has 6 heteroatoms. The van der Waals surface area contributed by atoms with Gasteiger partial charge in [-0.2, -0.15) is 0 Å². The number of amides is 2. The van der Waals surface area contributed by atoms with Crippen LogP contribution in [0.3, 0.4) is 0 Å². The number of nitrogens with one attached hydrogen (secondary N) is 1. The van der Waals surface area contributed by atoms with Gasteiger partial charge < -0.3 is 10.4 Å². The Kier molecular flexibility index (Phi) is 4.57. The van der Waals surface area contributed by atoms with Crippen molar-refractivity contribution in [1.82, 2.24) is 4.90 Å². The number of hydrogen-bond donors (Lipinski definition) is 2. The quantitative estimate of drug-likeness (QED) is 0.801. The van der Waals surface area contributed by atoms with Crippen LogP contribution in [0, 0.1) is 0 Å². The molecule has 0 bridgehead atoms. The fourth-order valence-corrected chi connectivity index (χ4v) is 2.64.